The van der Waals surface area contributed by atoms with Gasteiger partial charge < -0.3 is 9.72 Å². The van der Waals surface area contributed by atoms with Gasteiger partial charge in [0.2, 0.25) is 11.0 Å². The standard InChI is InChI=1S/C16H19N5O3S3/c1-8(2)10-4-9-14(23)17-11(18-15(9)26-10)6-25-7-12(22)19-16-21-20-13(27-16)5-24-3/h4,8H,5-7H2,1-3H3,(H,17,18,23)(H,19,21,22). The molecular formula is C16H19N5O3S3. The minimum absolute atomic E-state index is 0.136. The van der Waals surface area contributed by atoms with Crippen LogP contribution in [0.25, 0.3) is 10.2 Å². The van der Waals surface area contributed by atoms with E-state index in [1.807, 2.05) is 6.07 Å². The molecule has 0 aromatic carbocycles. The number of aromatic amines is 1. The molecular weight excluding hydrogens is 406 g/mol. The fraction of sp³-hybridized carbons (Fsp3) is 0.438. The van der Waals surface area contributed by atoms with Crippen LogP contribution >= 0.6 is 34.4 Å². The molecule has 0 spiro atoms. The molecule has 0 unspecified atom stereocenters. The van der Waals surface area contributed by atoms with Gasteiger partial charge in [0.1, 0.15) is 22.3 Å². The van der Waals surface area contributed by atoms with Gasteiger partial charge in [0.25, 0.3) is 5.56 Å². The van der Waals surface area contributed by atoms with Crippen molar-refractivity contribution in [3.63, 3.8) is 0 Å². The largest absolute Gasteiger partial charge is 0.377 e. The lowest BCUT2D eigenvalue weighted by Crippen LogP contribution is -2.15. The highest BCUT2D eigenvalue weighted by Crippen LogP contribution is 2.27. The summed E-state index contributed by atoms with van der Waals surface area (Å²) in [6.07, 6.45) is 0. The minimum Gasteiger partial charge on any atom is -0.377 e. The zero-order valence-corrected chi connectivity index (χ0v) is 17.5. The summed E-state index contributed by atoms with van der Waals surface area (Å²) >= 11 is 4.19. The van der Waals surface area contributed by atoms with Gasteiger partial charge in [-0.05, 0) is 12.0 Å². The third-order valence-corrected chi connectivity index (χ3v) is 6.58. The van der Waals surface area contributed by atoms with E-state index in [1.165, 1.54) is 34.4 Å². The van der Waals surface area contributed by atoms with Gasteiger partial charge in [-0.25, -0.2) is 4.98 Å². The highest BCUT2D eigenvalue weighted by molar-refractivity contribution is 7.99. The number of carbonyl (C=O) groups excluding carboxylic acids is 1. The van der Waals surface area contributed by atoms with Crippen LogP contribution in [0.1, 0.15) is 35.5 Å². The lowest BCUT2D eigenvalue weighted by molar-refractivity contribution is -0.113. The molecule has 3 aromatic heterocycles. The Morgan fingerprint density at radius 3 is 2.93 bits per heavy atom. The molecule has 3 rings (SSSR count). The number of thioether (sulfide) groups is 1. The Kier molecular flexibility index (Phi) is 6.58. The number of aromatic nitrogens is 4. The average Bonchev–Trinajstić information content (AvgIpc) is 3.22. The summed E-state index contributed by atoms with van der Waals surface area (Å²) in [5, 5.41) is 12.3. The van der Waals surface area contributed by atoms with Crippen LogP contribution < -0.4 is 10.9 Å². The fourth-order valence-electron chi connectivity index (χ4n) is 2.23. The smallest absolute Gasteiger partial charge is 0.259 e. The quantitative estimate of drug-likeness (QED) is 0.571. The molecule has 11 heteroatoms. The first kappa shape index (κ1) is 19.9. The molecule has 0 radical (unpaired) electrons. The molecule has 0 saturated carbocycles. The molecule has 0 bridgehead atoms. The minimum atomic E-state index is -0.179. The van der Waals surface area contributed by atoms with Crippen LogP contribution in [0.5, 0.6) is 0 Å². The van der Waals surface area contributed by atoms with Crippen molar-refractivity contribution in [1.29, 1.82) is 0 Å². The Balaban J connectivity index is 1.56. The Morgan fingerprint density at radius 1 is 1.37 bits per heavy atom. The maximum atomic E-state index is 12.2. The van der Waals surface area contributed by atoms with Gasteiger partial charge in [0.05, 0.1) is 16.9 Å². The summed E-state index contributed by atoms with van der Waals surface area (Å²) in [5.41, 5.74) is -0.136. The number of carbonyl (C=O) groups is 1. The van der Waals surface area contributed by atoms with Crippen LogP contribution in [0.2, 0.25) is 0 Å². The number of nitrogens with one attached hydrogen (secondary N) is 2. The zero-order chi connectivity index (χ0) is 19.4. The topological polar surface area (TPSA) is 110 Å². The van der Waals surface area contributed by atoms with Gasteiger partial charge in [0.15, 0.2) is 0 Å². The second kappa shape index (κ2) is 8.91. The van der Waals surface area contributed by atoms with Crippen molar-refractivity contribution < 1.29 is 9.53 Å². The van der Waals surface area contributed by atoms with E-state index in [2.05, 4.69) is 39.3 Å². The summed E-state index contributed by atoms with van der Waals surface area (Å²) in [7, 11) is 1.58. The lowest BCUT2D eigenvalue weighted by atomic mass is 10.2. The summed E-state index contributed by atoms with van der Waals surface area (Å²) in [6.45, 7) is 4.54. The summed E-state index contributed by atoms with van der Waals surface area (Å²) in [4.78, 5) is 33.4. The predicted molar refractivity (Wildman–Crippen MR) is 110 cm³/mol. The van der Waals surface area contributed by atoms with E-state index in [0.717, 1.165) is 9.71 Å². The number of hydrogen-bond acceptors (Lipinski definition) is 9. The van der Waals surface area contributed by atoms with Crippen molar-refractivity contribution in [2.45, 2.75) is 32.1 Å². The monoisotopic (exact) mass is 425 g/mol. The van der Waals surface area contributed by atoms with E-state index in [0.29, 0.717) is 39.6 Å². The van der Waals surface area contributed by atoms with Gasteiger partial charge >= 0.3 is 0 Å². The summed E-state index contributed by atoms with van der Waals surface area (Å²) in [5.74, 6) is 1.42. The number of thiophene rings is 1. The van der Waals surface area contributed by atoms with Crippen molar-refractivity contribution in [3.05, 3.63) is 32.1 Å². The SMILES string of the molecule is COCc1nnc(NC(=O)CSCc2nc3sc(C(C)C)cc3c(=O)[nH]2)s1. The third-order valence-electron chi connectivity index (χ3n) is 3.49. The van der Waals surface area contributed by atoms with Crippen molar-refractivity contribution in [3.8, 4) is 0 Å². The van der Waals surface area contributed by atoms with Crippen LogP contribution in [-0.4, -0.2) is 38.9 Å². The Bertz CT molecular complexity index is 995. The maximum absolute atomic E-state index is 12.2. The van der Waals surface area contributed by atoms with Crippen molar-refractivity contribution in [1.82, 2.24) is 20.2 Å². The molecule has 0 fully saturated rings. The summed E-state index contributed by atoms with van der Waals surface area (Å²) in [6, 6.07) is 1.90. The van der Waals surface area contributed by atoms with E-state index in [9.17, 15) is 9.59 Å². The van der Waals surface area contributed by atoms with Crippen LogP contribution in [0, 0.1) is 0 Å². The highest BCUT2D eigenvalue weighted by atomic mass is 32.2. The molecule has 3 aromatic rings. The van der Waals surface area contributed by atoms with Crippen molar-refractivity contribution in [2.24, 2.45) is 0 Å². The average molecular weight is 426 g/mol. The number of ether oxygens (including phenoxy) is 1. The molecule has 0 atom stereocenters. The number of hydrogen-bond donors (Lipinski definition) is 2. The third kappa shape index (κ3) is 5.12. The van der Waals surface area contributed by atoms with Crippen molar-refractivity contribution >= 4 is 55.7 Å². The molecule has 1 amide bonds. The first-order valence-corrected chi connectivity index (χ1v) is 11.0. The zero-order valence-electron chi connectivity index (χ0n) is 15.1. The van der Waals surface area contributed by atoms with Gasteiger partial charge in [-0.2, -0.15) is 0 Å². The second-order valence-electron chi connectivity index (χ2n) is 6.01. The maximum Gasteiger partial charge on any atom is 0.259 e. The normalized spacial score (nSPS) is 11.4. The van der Waals surface area contributed by atoms with Crippen molar-refractivity contribution in [2.75, 3.05) is 18.2 Å². The van der Waals surface area contributed by atoms with E-state index < -0.39 is 0 Å². The first-order valence-electron chi connectivity index (χ1n) is 8.17. The van der Waals surface area contributed by atoms with Crippen LogP contribution in [0.15, 0.2) is 10.9 Å². The fourth-order valence-corrected chi connectivity index (χ4v) is 4.70. The first-order chi connectivity index (χ1) is 13.0. The number of amides is 1. The Morgan fingerprint density at radius 2 is 2.19 bits per heavy atom. The number of methoxy groups -OCH3 is 1. The van der Waals surface area contributed by atoms with E-state index in [1.54, 1.807) is 7.11 Å². The molecule has 0 aliphatic rings. The lowest BCUT2D eigenvalue weighted by Gasteiger charge is -2.02. The molecule has 27 heavy (non-hydrogen) atoms. The van der Waals surface area contributed by atoms with Crippen LogP contribution in [-0.2, 0) is 21.9 Å². The van der Waals surface area contributed by atoms with Gasteiger partial charge in [0, 0.05) is 12.0 Å². The van der Waals surface area contributed by atoms with Gasteiger partial charge in [-0.3, -0.25) is 14.9 Å². The summed E-state index contributed by atoms with van der Waals surface area (Å²) < 4.78 is 4.97. The molecule has 3 heterocycles. The predicted octanol–water partition coefficient (Wildman–Crippen LogP) is 2.98. The highest BCUT2D eigenvalue weighted by Gasteiger charge is 2.12. The second-order valence-corrected chi connectivity index (χ2v) is 9.12. The molecule has 0 aliphatic heterocycles. The Labute approximate surface area is 167 Å². The number of H-pyrrole nitrogens is 1. The van der Waals surface area contributed by atoms with E-state index in [4.69, 9.17) is 4.74 Å². The van der Waals surface area contributed by atoms with E-state index >= 15 is 0 Å². The molecule has 0 aliphatic carbocycles. The molecule has 2 N–H and O–H groups in total. The number of anilines is 1. The van der Waals surface area contributed by atoms with Gasteiger partial charge in [-0.15, -0.1) is 33.3 Å². The molecule has 144 valence electrons. The van der Waals surface area contributed by atoms with Crippen LogP contribution in [0.3, 0.4) is 0 Å². The number of rotatable bonds is 8. The molecule has 8 nitrogen and oxygen atoms in total. The Hall–Kier alpha value is -1.82. The number of nitrogens with zero attached hydrogens (tertiary/aromatic N) is 3. The van der Waals surface area contributed by atoms with E-state index in [-0.39, 0.29) is 17.2 Å². The number of fused-ring (bicyclic) bond motifs is 1. The van der Waals surface area contributed by atoms with Gasteiger partial charge in [-0.1, -0.05) is 25.2 Å². The van der Waals surface area contributed by atoms with Crippen LogP contribution in [0.4, 0.5) is 5.13 Å². The molecule has 0 saturated heterocycles.